The predicted octanol–water partition coefficient (Wildman–Crippen LogP) is 5.97. The van der Waals surface area contributed by atoms with Gasteiger partial charge in [-0.25, -0.2) is 0 Å². The Morgan fingerprint density at radius 2 is 0.920 bits per heavy atom. The van der Waals surface area contributed by atoms with Crippen molar-refractivity contribution in [3.05, 3.63) is 71.8 Å². The van der Waals surface area contributed by atoms with Crippen molar-refractivity contribution in [3.8, 4) is 0 Å². The van der Waals surface area contributed by atoms with Crippen LogP contribution in [0.15, 0.2) is 60.7 Å². The van der Waals surface area contributed by atoms with Gasteiger partial charge in [-0.3, -0.25) is 0 Å². The van der Waals surface area contributed by atoms with E-state index in [1.54, 1.807) is 0 Å². The van der Waals surface area contributed by atoms with Gasteiger partial charge in [-0.15, -0.1) is 0 Å². The topological polar surface area (TPSA) is 18.5 Å². The van der Waals surface area contributed by atoms with Gasteiger partial charge in [-0.05, 0) is 50.4 Å². The van der Waals surface area contributed by atoms with Gasteiger partial charge < -0.3 is 8.85 Å². The molecule has 134 valence electrons. The summed E-state index contributed by atoms with van der Waals surface area (Å²) in [6.45, 7) is 13.5. The SMILES string of the molecule is C[Si](C)(C)OC1(O[Si](C)(C)C)[C@@H](c2ccccc2)[C@@H]1c1ccccc1. The molecule has 25 heavy (non-hydrogen) atoms. The first-order valence-corrected chi connectivity index (χ1v) is 15.9. The number of hydrogen-bond acceptors (Lipinski definition) is 2. The molecule has 1 aliphatic rings. The molecule has 0 bridgehead atoms. The number of benzene rings is 2. The molecule has 2 aromatic rings. The third-order valence-electron chi connectivity index (χ3n) is 4.34. The monoisotopic (exact) mass is 370 g/mol. The molecule has 1 saturated carbocycles. The van der Waals surface area contributed by atoms with Crippen molar-refractivity contribution in [2.45, 2.75) is 56.9 Å². The lowest BCUT2D eigenvalue weighted by Crippen LogP contribution is -2.43. The van der Waals surface area contributed by atoms with Crippen LogP contribution < -0.4 is 0 Å². The lowest BCUT2D eigenvalue weighted by atomic mass is 10.0. The average molecular weight is 371 g/mol. The molecule has 3 rings (SSSR count). The summed E-state index contributed by atoms with van der Waals surface area (Å²) >= 11 is 0. The lowest BCUT2D eigenvalue weighted by Gasteiger charge is -2.34. The van der Waals surface area contributed by atoms with E-state index in [4.69, 9.17) is 8.85 Å². The highest BCUT2D eigenvalue weighted by Gasteiger charge is 2.70. The third kappa shape index (κ3) is 4.14. The molecule has 0 heterocycles. The normalized spacial score (nSPS) is 22.6. The van der Waals surface area contributed by atoms with Crippen molar-refractivity contribution >= 4 is 16.6 Å². The largest absolute Gasteiger partial charge is 0.390 e. The Labute approximate surface area is 154 Å². The second-order valence-corrected chi connectivity index (χ2v) is 17.8. The van der Waals surface area contributed by atoms with E-state index in [-0.39, 0.29) is 11.8 Å². The van der Waals surface area contributed by atoms with Gasteiger partial charge in [0.2, 0.25) is 0 Å². The van der Waals surface area contributed by atoms with E-state index < -0.39 is 22.4 Å². The molecule has 0 unspecified atom stereocenters. The Kier molecular flexibility index (Phi) is 4.84. The van der Waals surface area contributed by atoms with E-state index in [1.165, 1.54) is 11.1 Å². The van der Waals surface area contributed by atoms with Gasteiger partial charge in [0.05, 0.1) is 0 Å². The Bertz CT molecular complexity index is 639. The van der Waals surface area contributed by atoms with Crippen LogP contribution in [0.25, 0.3) is 0 Å². The fraction of sp³-hybridized carbons (Fsp3) is 0.429. The fourth-order valence-corrected chi connectivity index (χ4v) is 6.33. The van der Waals surface area contributed by atoms with E-state index >= 15 is 0 Å². The highest BCUT2D eigenvalue weighted by atomic mass is 28.4. The number of rotatable bonds is 6. The average Bonchev–Trinajstić information content (AvgIpc) is 3.11. The van der Waals surface area contributed by atoms with Crippen molar-refractivity contribution < 1.29 is 8.85 Å². The van der Waals surface area contributed by atoms with Gasteiger partial charge in [-0.1, -0.05) is 60.7 Å². The molecule has 2 nitrogen and oxygen atoms in total. The first-order chi connectivity index (χ1) is 11.6. The molecule has 2 atom stereocenters. The standard InChI is InChI=1S/C21H30O2Si2/c1-24(2,3)22-21(23-25(4,5)6)19(17-13-9-7-10-14-17)20(21)18-15-11-8-12-16-18/h7-16,19-20H,1-6H3/t19-,20-/m0/s1. The van der Waals surface area contributed by atoms with Gasteiger partial charge in [0.15, 0.2) is 22.4 Å². The summed E-state index contributed by atoms with van der Waals surface area (Å²) in [5.41, 5.74) is 2.63. The van der Waals surface area contributed by atoms with Crippen LogP contribution in [-0.2, 0) is 8.85 Å². The minimum Gasteiger partial charge on any atom is -0.390 e. The molecule has 2 aromatic carbocycles. The highest BCUT2D eigenvalue weighted by molar-refractivity contribution is 6.71. The van der Waals surface area contributed by atoms with Crippen LogP contribution >= 0.6 is 0 Å². The fourth-order valence-electron chi connectivity index (χ4n) is 3.74. The van der Waals surface area contributed by atoms with Crippen LogP contribution in [0, 0.1) is 0 Å². The predicted molar refractivity (Wildman–Crippen MR) is 110 cm³/mol. The summed E-state index contributed by atoms with van der Waals surface area (Å²) in [4.78, 5) is 0. The molecule has 0 amide bonds. The molecule has 4 heteroatoms. The number of hydrogen-bond donors (Lipinski definition) is 0. The van der Waals surface area contributed by atoms with Crippen molar-refractivity contribution in [1.82, 2.24) is 0 Å². The van der Waals surface area contributed by atoms with Crippen LogP contribution in [0.4, 0.5) is 0 Å². The van der Waals surface area contributed by atoms with E-state index in [1.807, 2.05) is 0 Å². The van der Waals surface area contributed by atoms with E-state index in [9.17, 15) is 0 Å². The summed E-state index contributed by atoms with van der Waals surface area (Å²) in [5, 5.41) is 0. The smallest absolute Gasteiger partial charge is 0.187 e. The van der Waals surface area contributed by atoms with E-state index in [0.29, 0.717) is 0 Å². The molecule has 0 saturated heterocycles. The maximum Gasteiger partial charge on any atom is 0.187 e. The van der Waals surface area contributed by atoms with Crippen molar-refractivity contribution in [3.63, 3.8) is 0 Å². The Morgan fingerprint density at radius 1 is 0.600 bits per heavy atom. The molecule has 0 aliphatic heterocycles. The molecular formula is C21H30O2Si2. The Hall–Kier alpha value is -1.21. The first kappa shape index (κ1) is 18.6. The minimum absolute atomic E-state index is 0.259. The second kappa shape index (κ2) is 6.51. The highest BCUT2D eigenvalue weighted by Crippen LogP contribution is 2.67. The van der Waals surface area contributed by atoms with Crippen LogP contribution in [-0.4, -0.2) is 22.4 Å². The van der Waals surface area contributed by atoms with Gasteiger partial charge >= 0.3 is 0 Å². The molecule has 0 radical (unpaired) electrons. The molecular weight excluding hydrogens is 340 g/mol. The maximum atomic E-state index is 6.80. The van der Waals surface area contributed by atoms with Gasteiger partial charge in [0, 0.05) is 11.8 Å². The molecule has 0 aromatic heterocycles. The zero-order valence-electron chi connectivity index (χ0n) is 16.2. The van der Waals surface area contributed by atoms with Crippen molar-refractivity contribution in [1.29, 1.82) is 0 Å². The third-order valence-corrected chi connectivity index (χ3v) is 6.20. The molecule has 0 spiro atoms. The Balaban J connectivity index is 2.08. The lowest BCUT2D eigenvalue weighted by molar-refractivity contribution is -0.0457. The minimum atomic E-state index is -1.78. The zero-order valence-corrected chi connectivity index (χ0v) is 18.2. The molecule has 0 N–H and O–H groups in total. The van der Waals surface area contributed by atoms with Crippen LogP contribution in [0.1, 0.15) is 23.0 Å². The molecule has 1 aliphatic carbocycles. The quantitative estimate of drug-likeness (QED) is 0.461. The first-order valence-electron chi connectivity index (χ1n) is 9.13. The van der Waals surface area contributed by atoms with Crippen LogP contribution in [0.5, 0.6) is 0 Å². The van der Waals surface area contributed by atoms with Crippen molar-refractivity contribution in [2.24, 2.45) is 0 Å². The molecule has 1 fully saturated rings. The van der Waals surface area contributed by atoms with Gasteiger partial charge in [0.25, 0.3) is 0 Å². The Morgan fingerprint density at radius 3 is 1.20 bits per heavy atom. The zero-order chi connectivity index (χ0) is 18.3. The summed E-state index contributed by atoms with van der Waals surface area (Å²) in [5.74, 6) is 0.00147. The van der Waals surface area contributed by atoms with E-state index in [2.05, 4.69) is 99.9 Å². The summed E-state index contributed by atoms with van der Waals surface area (Å²) in [6, 6.07) is 21.5. The van der Waals surface area contributed by atoms with Gasteiger partial charge in [-0.2, -0.15) is 0 Å². The van der Waals surface area contributed by atoms with Crippen LogP contribution in [0.2, 0.25) is 39.3 Å². The summed E-state index contributed by atoms with van der Waals surface area (Å²) in [7, 11) is -3.56. The summed E-state index contributed by atoms with van der Waals surface area (Å²) < 4.78 is 13.6. The van der Waals surface area contributed by atoms with Crippen molar-refractivity contribution in [2.75, 3.05) is 0 Å². The van der Waals surface area contributed by atoms with Gasteiger partial charge in [0.1, 0.15) is 0 Å². The van der Waals surface area contributed by atoms with E-state index in [0.717, 1.165) is 0 Å². The van der Waals surface area contributed by atoms with Crippen LogP contribution in [0.3, 0.4) is 0 Å². The maximum absolute atomic E-state index is 6.80. The summed E-state index contributed by atoms with van der Waals surface area (Å²) in [6.07, 6.45) is 0. The second-order valence-electron chi connectivity index (χ2n) is 8.93.